The van der Waals surface area contributed by atoms with Gasteiger partial charge in [-0.05, 0) is 44.5 Å². The number of anilines is 2. The van der Waals surface area contributed by atoms with Crippen molar-refractivity contribution in [1.82, 2.24) is 5.32 Å². The Morgan fingerprint density at radius 2 is 1.83 bits per heavy atom. The highest BCUT2D eigenvalue weighted by molar-refractivity contribution is 7.16. The Labute approximate surface area is 172 Å². The summed E-state index contributed by atoms with van der Waals surface area (Å²) in [4.78, 5) is 48.7. The SMILES string of the molecule is CCNC(=O)c1cccc(NC(=O)COC(=O)c2c(NC(C)=O)sc(C)c2C)c1. The maximum atomic E-state index is 12.5. The lowest BCUT2D eigenvalue weighted by atomic mass is 10.1. The monoisotopic (exact) mass is 417 g/mol. The van der Waals surface area contributed by atoms with Crippen molar-refractivity contribution in [3.8, 4) is 0 Å². The lowest BCUT2D eigenvalue weighted by molar-refractivity contribution is -0.119. The van der Waals surface area contributed by atoms with Crippen molar-refractivity contribution >= 4 is 45.7 Å². The van der Waals surface area contributed by atoms with E-state index in [-0.39, 0.29) is 17.4 Å². The number of aryl methyl sites for hydroxylation is 1. The highest BCUT2D eigenvalue weighted by Crippen LogP contribution is 2.32. The number of thiophene rings is 1. The summed E-state index contributed by atoms with van der Waals surface area (Å²) in [5, 5.41) is 8.27. The molecule has 0 aliphatic carbocycles. The van der Waals surface area contributed by atoms with Gasteiger partial charge in [0.25, 0.3) is 11.8 Å². The molecule has 8 nitrogen and oxygen atoms in total. The van der Waals surface area contributed by atoms with Crippen molar-refractivity contribution < 1.29 is 23.9 Å². The van der Waals surface area contributed by atoms with Crippen LogP contribution in [0.15, 0.2) is 24.3 Å². The van der Waals surface area contributed by atoms with E-state index in [9.17, 15) is 19.2 Å². The average molecular weight is 417 g/mol. The van der Waals surface area contributed by atoms with Crippen molar-refractivity contribution in [3.05, 3.63) is 45.8 Å². The molecule has 0 aliphatic heterocycles. The minimum atomic E-state index is -0.693. The summed E-state index contributed by atoms with van der Waals surface area (Å²) >= 11 is 1.27. The molecule has 9 heteroatoms. The van der Waals surface area contributed by atoms with Gasteiger partial charge in [0.05, 0.1) is 5.56 Å². The van der Waals surface area contributed by atoms with Crippen LogP contribution >= 0.6 is 11.3 Å². The van der Waals surface area contributed by atoms with E-state index >= 15 is 0 Å². The molecule has 3 amide bonds. The molecule has 0 aliphatic rings. The lowest BCUT2D eigenvalue weighted by Crippen LogP contribution is -2.24. The molecule has 1 heterocycles. The number of carbonyl (C=O) groups is 4. The third-order valence-electron chi connectivity index (χ3n) is 3.96. The number of rotatable bonds is 7. The van der Waals surface area contributed by atoms with Gasteiger partial charge in [0.15, 0.2) is 6.61 Å². The van der Waals surface area contributed by atoms with Crippen LogP contribution in [0.4, 0.5) is 10.7 Å². The Balaban J connectivity index is 2.01. The zero-order valence-corrected chi connectivity index (χ0v) is 17.5. The molecule has 0 atom stereocenters. The fourth-order valence-electron chi connectivity index (χ4n) is 2.52. The molecule has 1 aromatic carbocycles. The third kappa shape index (κ3) is 5.89. The topological polar surface area (TPSA) is 114 Å². The molecule has 0 saturated carbocycles. The first-order valence-electron chi connectivity index (χ1n) is 8.95. The van der Waals surface area contributed by atoms with Crippen LogP contribution in [-0.4, -0.2) is 36.8 Å². The predicted octanol–water partition coefficient (Wildman–Crippen LogP) is 2.87. The quantitative estimate of drug-likeness (QED) is 0.600. The van der Waals surface area contributed by atoms with Gasteiger partial charge in [-0.1, -0.05) is 6.07 Å². The second-order valence-electron chi connectivity index (χ2n) is 6.23. The molecule has 154 valence electrons. The fraction of sp³-hybridized carbons (Fsp3) is 0.300. The standard InChI is InChI=1S/C20H23N3O5S/c1-5-21-18(26)14-7-6-8-15(9-14)23-16(25)10-28-20(27)17-11(2)12(3)29-19(17)22-13(4)24/h6-9H,5,10H2,1-4H3,(H,21,26)(H,22,24)(H,23,25). The molecule has 0 saturated heterocycles. The molecule has 0 bridgehead atoms. The molecule has 3 N–H and O–H groups in total. The Hall–Kier alpha value is -3.20. The van der Waals surface area contributed by atoms with E-state index in [4.69, 9.17) is 4.74 Å². The number of carbonyl (C=O) groups excluding carboxylic acids is 4. The minimum Gasteiger partial charge on any atom is -0.452 e. The Kier molecular flexibility index (Phi) is 7.49. The van der Waals surface area contributed by atoms with Gasteiger partial charge >= 0.3 is 5.97 Å². The number of amides is 3. The van der Waals surface area contributed by atoms with Gasteiger partial charge in [-0.15, -0.1) is 11.3 Å². The van der Waals surface area contributed by atoms with Crippen molar-refractivity contribution in [2.45, 2.75) is 27.7 Å². The molecule has 0 spiro atoms. The van der Waals surface area contributed by atoms with E-state index in [1.54, 1.807) is 25.1 Å². The molecule has 2 aromatic rings. The smallest absolute Gasteiger partial charge is 0.341 e. The van der Waals surface area contributed by atoms with Gasteiger partial charge in [-0.25, -0.2) is 4.79 Å². The average Bonchev–Trinajstić information content (AvgIpc) is 2.93. The van der Waals surface area contributed by atoms with E-state index in [1.165, 1.54) is 24.3 Å². The summed E-state index contributed by atoms with van der Waals surface area (Å²) in [6.07, 6.45) is 0. The zero-order chi connectivity index (χ0) is 21.6. The fourth-order valence-corrected chi connectivity index (χ4v) is 3.62. The summed E-state index contributed by atoms with van der Waals surface area (Å²) in [6.45, 7) is 6.73. The lowest BCUT2D eigenvalue weighted by Gasteiger charge is -2.09. The first-order chi connectivity index (χ1) is 13.7. The minimum absolute atomic E-state index is 0.244. The van der Waals surface area contributed by atoms with Crippen LogP contribution in [0, 0.1) is 13.8 Å². The second-order valence-corrected chi connectivity index (χ2v) is 7.46. The molecule has 0 unspecified atom stereocenters. The number of esters is 1. The van der Waals surface area contributed by atoms with Crippen LogP contribution in [0.2, 0.25) is 0 Å². The number of hydrogen-bond donors (Lipinski definition) is 3. The van der Waals surface area contributed by atoms with Crippen molar-refractivity contribution in [3.63, 3.8) is 0 Å². The van der Waals surface area contributed by atoms with Gasteiger partial charge < -0.3 is 20.7 Å². The molecule has 0 fully saturated rings. The van der Waals surface area contributed by atoms with Crippen molar-refractivity contribution in [2.24, 2.45) is 0 Å². The Morgan fingerprint density at radius 3 is 2.48 bits per heavy atom. The Morgan fingerprint density at radius 1 is 1.10 bits per heavy atom. The summed E-state index contributed by atoms with van der Waals surface area (Å²) in [5.74, 6) is -1.78. The van der Waals surface area contributed by atoms with Crippen molar-refractivity contribution in [2.75, 3.05) is 23.8 Å². The number of benzene rings is 1. The first-order valence-corrected chi connectivity index (χ1v) is 9.77. The van der Waals surface area contributed by atoms with Gasteiger partial charge in [0.1, 0.15) is 5.00 Å². The largest absolute Gasteiger partial charge is 0.452 e. The Bertz CT molecular complexity index is 952. The van der Waals surface area contributed by atoms with Crippen LogP contribution in [0.1, 0.15) is 45.0 Å². The maximum absolute atomic E-state index is 12.5. The van der Waals surface area contributed by atoms with Crippen LogP contribution in [-0.2, 0) is 14.3 Å². The highest BCUT2D eigenvalue weighted by Gasteiger charge is 2.22. The van der Waals surface area contributed by atoms with E-state index in [0.29, 0.717) is 28.4 Å². The third-order valence-corrected chi connectivity index (χ3v) is 5.08. The molecule has 0 radical (unpaired) electrons. The van der Waals surface area contributed by atoms with Gasteiger partial charge in [0, 0.05) is 29.6 Å². The molecule has 29 heavy (non-hydrogen) atoms. The van der Waals surface area contributed by atoms with Crippen LogP contribution in [0.5, 0.6) is 0 Å². The molecular weight excluding hydrogens is 394 g/mol. The van der Waals surface area contributed by atoms with Gasteiger partial charge in [-0.3, -0.25) is 14.4 Å². The molecule has 2 rings (SSSR count). The number of nitrogens with one attached hydrogen (secondary N) is 3. The van der Waals surface area contributed by atoms with Crippen LogP contribution in [0.25, 0.3) is 0 Å². The van der Waals surface area contributed by atoms with Crippen molar-refractivity contribution in [1.29, 1.82) is 0 Å². The number of ether oxygens (including phenoxy) is 1. The van der Waals surface area contributed by atoms with E-state index in [1.807, 2.05) is 13.8 Å². The highest BCUT2D eigenvalue weighted by atomic mass is 32.1. The van der Waals surface area contributed by atoms with E-state index < -0.39 is 18.5 Å². The van der Waals surface area contributed by atoms with E-state index in [0.717, 1.165) is 4.88 Å². The normalized spacial score (nSPS) is 10.2. The summed E-state index contributed by atoms with van der Waals surface area (Å²) in [7, 11) is 0. The predicted molar refractivity (Wildman–Crippen MR) is 111 cm³/mol. The molecular formula is C20H23N3O5S. The van der Waals surface area contributed by atoms with Crippen LogP contribution in [0.3, 0.4) is 0 Å². The van der Waals surface area contributed by atoms with E-state index in [2.05, 4.69) is 16.0 Å². The summed E-state index contributed by atoms with van der Waals surface area (Å²) in [5.41, 5.74) is 1.76. The summed E-state index contributed by atoms with van der Waals surface area (Å²) < 4.78 is 5.12. The van der Waals surface area contributed by atoms with Crippen LogP contribution < -0.4 is 16.0 Å². The first kappa shape index (κ1) is 22.1. The molecule has 1 aromatic heterocycles. The second kappa shape index (κ2) is 9.83. The van der Waals surface area contributed by atoms with Gasteiger partial charge in [-0.2, -0.15) is 0 Å². The van der Waals surface area contributed by atoms with Gasteiger partial charge in [0.2, 0.25) is 5.91 Å². The summed E-state index contributed by atoms with van der Waals surface area (Å²) in [6, 6.07) is 6.44. The maximum Gasteiger partial charge on any atom is 0.341 e. The number of hydrogen-bond acceptors (Lipinski definition) is 6. The zero-order valence-electron chi connectivity index (χ0n) is 16.7.